The fourth-order valence-electron chi connectivity index (χ4n) is 7.55. The van der Waals surface area contributed by atoms with Crippen molar-refractivity contribution < 1.29 is 24.2 Å². The van der Waals surface area contributed by atoms with E-state index in [0.717, 1.165) is 16.7 Å². The minimum atomic E-state index is -5.59. The second-order valence-electron chi connectivity index (χ2n) is 13.1. The quantitative estimate of drug-likeness (QED) is 0.0574. The Balaban J connectivity index is 1.89. The Labute approximate surface area is 285 Å². The Morgan fingerprint density at radius 1 is 0.812 bits per heavy atom. The number of rotatable bonds is 17. The van der Waals surface area contributed by atoms with Crippen molar-refractivity contribution in [1.82, 2.24) is 14.9 Å². The van der Waals surface area contributed by atoms with Crippen LogP contribution in [-0.2, 0) is 21.3 Å². The fraction of sp³-hybridized carbons (Fsp3) is 0.421. The number of aromatic amines is 1. The summed E-state index contributed by atoms with van der Waals surface area (Å²) < 4.78 is 13.0. The molecule has 258 valence electrons. The van der Waals surface area contributed by atoms with E-state index < -0.39 is 36.3 Å². The average molecular weight is 675 g/mol. The summed E-state index contributed by atoms with van der Waals surface area (Å²) in [5, 5.41) is 10.3. The molecule has 4 aromatic rings. The van der Waals surface area contributed by atoms with Gasteiger partial charge >= 0.3 is 286 Å². The van der Waals surface area contributed by atoms with Crippen LogP contribution in [0.5, 0.6) is 0 Å². The van der Waals surface area contributed by atoms with E-state index in [4.69, 9.17) is 9.47 Å². The molecule has 1 aromatic heterocycles. The van der Waals surface area contributed by atoms with Crippen LogP contribution < -0.4 is 0 Å². The first-order valence-corrected chi connectivity index (χ1v) is 18.9. The number of imidazole rings is 1. The maximum absolute atomic E-state index is 12.1. The van der Waals surface area contributed by atoms with Gasteiger partial charge in [0, 0.05) is 0 Å². The zero-order valence-corrected chi connectivity index (χ0v) is 29.8. The number of methoxy groups -OCH3 is 2. The third-order valence-corrected chi connectivity index (χ3v) is 12.6. The monoisotopic (exact) mass is 674 g/mol. The summed E-state index contributed by atoms with van der Waals surface area (Å²) in [6.45, 7) is 7.81. The number of benzene rings is 3. The Morgan fingerprint density at radius 3 is 1.62 bits per heavy atom. The maximum atomic E-state index is 12.1. The zero-order valence-electron chi connectivity index (χ0n) is 28.9. The summed E-state index contributed by atoms with van der Waals surface area (Å²) in [6, 6.07) is 31.2. The van der Waals surface area contributed by atoms with E-state index in [9.17, 15) is 19.9 Å². The van der Waals surface area contributed by atoms with E-state index in [2.05, 4.69) is 16.0 Å². The van der Waals surface area contributed by atoms with Crippen LogP contribution in [-0.4, -0.2) is 79.5 Å². The zero-order chi connectivity index (χ0) is 35.0. The molecule has 0 radical (unpaired) electrons. The number of H-pyrrole nitrogens is 1. The normalized spacial score (nSPS) is 14.9. The molecule has 0 aliphatic heterocycles. The van der Waals surface area contributed by atoms with Gasteiger partial charge in [-0.1, -0.05) is 0 Å². The molecule has 9 nitrogen and oxygen atoms in total. The molecule has 1 heterocycles. The molecular weight excluding hydrogens is 623 g/mol. The predicted molar refractivity (Wildman–Crippen MR) is 191 cm³/mol. The molecule has 4 rings (SSSR count). The summed E-state index contributed by atoms with van der Waals surface area (Å²) >= 11 is 0. The Kier molecular flexibility index (Phi) is 12.0. The number of nitrogens with zero attached hydrogens (tertiary/aromatic N) is 3. The van der Waals surface area contributed by atoms with E-state index in [1.54, 1.807) is 26.6 Å². The van der Waals surface area contributed by atoms with E-state index in [0.29, 0.717) is 5.82 Å². The molecule has 4 N–H and O–H groups in total. The van der Waals surface area contributed by atoms with E-state index >= 15 is 0 Å². The van der Waals surface area contributed by atoms with Gasteiger partial charge in [0.1, 0.15) is 0 Å². The van der Waals surface area contributed by atoms with Crippen LogP contribution in [0.3, 0.4) is 0 Å². The molecule has 3 aromatic carbocycles. The van der Waals surface area contributed by atoms with Crippen molar-refractivity contribution in [2.24, 2.45) is 0 Å². The molecule has 0 aliphatic carbocycles. The number of aromatic nitrogens is 2. The Bertz CT molecular complexity index is 1480. The van der Waals surface area contributed by atoms with Crippen molar-refractivity contribution in [3.63, 3.8) is 0 Å². The van der Waals surface area contributed by atoms with Gasteiger partial charge in [0.05, 0.1) is 0 Å². The molecule has 48 heavy (non-hydrogen) atoms. The molecule has 0 saturated heterocycles. The predicted octanol–water partition coefficient (Wildman–Crippen LogP) is 6.41. The number of hydrogen-bond acceptors (Lipinski definition) is 8. The second-order valence-corrected chi connectivity index (χ2v) is 16.7. The van der Waals surface area contributed by atoms with Crippen molar-refractivity contribution in [3.8, 4) is 6.07 Å². The van der Waals surface area contributed by atoms with Crippen molar-refractivity contribution in [1.29, 1.82) is 5.26 Å². The van der Waals surface area contributed by atoms with E-state index in [1.807, 2.05) is 124 Å². The summed E-state index contributed by atoms with van der Waals surface area (Å²) in [5.41, 5.74) is 0.615. The molecule has 10 heteroatoms. The third kappa shape index (κ3) is 7.56. The van der Waals surface area contributed by atoms with Gasteiger partial charge in [-0.2, -0.15) is 0 Å². The first-order valence-electron chi connectivity index (χ1n) is 16.5. The van der Waals surface area contributed by atoms with Gasteiger partial charge in [-0.3, -0.25) is 0 Å². The van der Waals surface area contributed by atoms with Crippen LogP contribution in [0, 0.1) is 11.3 Å². The van der Waals surface area contributed by atoms with Gasteiger partial charge in [0.15, 0.2) is 0 Å². The molecule has 0 aliphatic rings. The molecule has 0 amide bonds. The van der Waals surface area contributed by atoms with Crippen LogP contribution in [0.25, 0.3) is 0 Å². The van der Waals surface area contributed by atoms with Gasteiger partial charge in [-0.25, -0.2) is 0 Å². The fourth-order valence-corrected chi connectivity index (χ4v) is 9.98. The molecule has 0 fully saturated rings. The first kappa shape index (κ1) is 37.4. The van der Waals surface area contributed by atoms with Gasteiger partial charge in [-0.05, 0) is 0 Å². The van der Waals surface area contributed by atoms with Gasteiger partial charge in [0.25, 0.3) is 0 Å². The Hall–Kier alpha value is -3.45. The molecule has 0 spiro atoms. The second kappa shape index (κ2) is 15.4. The SMILES string of the molecule is COC(CCC(Cc1ncc[nH]1)P(O)(O)(O)CC(C#N)N(C(C)C)C(C)C)(OC)C(c1ccccc1)(c1ccccc1)c1ccccc1. The molecule has 0 saturated carbocycles. The summed E-state index contributed by atoms with van der Waals surface area (Å²) in [5.74, 6) is -0.917. The number of hydrogen-bond donors (Lipinski definition) is 4. The van der Waals surface area contributed by atoms with E-state index in [-0.39, 0.29) is 31.3 Å². The molecule has 2 atom stereocenters. The Morgan fingerprint density at radius 2 is 1.27 bits per heavy atom. The first-order chi connectivity index (χ1) is 22.8. The van der Waals surface area contributed by atoms with Crippen molar-refractivity contribution in [2.75, 3.05) is 20.4 Å². The number of ether oxygens (including phenoxy) is 2. The average Bonchev–Trinajstić information content (AvgIpc) is 3.60. The van der Waals surface area contributed by atoms with Crippen molar-refractivity contribution >= 4 is 7.28 Å². The van der Waals surface area contributed by atoms with Crippen LogP contribution in [0.15, 0.2) is 103 Å². The number of nitriles is 1. The van der Waals surface area contributed by atoms with Crippen LogP contribution in [0.2, 0.25) is 0 Å². The van der Waals surface area contributed by atoms with Gasteiger partial charge in [-0.15, -0.1) is 0 Å². The summed E-state index contributed by atoms with van der Waals surface area (Å²) in [4.78, 5) is 45.6. The topological polar surface area (TPSA) is 135 Å². The standard InChI is InChI=1S/C38H51N4O5P/c1-29(2)42(30(3)4)34(27-39)28-48(43,44,45)35(26-36-40-24-25-41-36)22-23-37(46-5,47-6)38(31-16-10-7-11-17-31,32-18-12-8-13-19-32)33-20-14-9-15-21-33/h7-21,24-25,29-30,34-35,43-45H,22-23,26,28H2,1-6H3,(H,40,41). The minimum absolute atomic E-state index is 0.0361. The van der Waals surface area contributed by atoms with Gasteiger partial charge in [0.2, 0.25) is 0 Å². The summed E-state index contributed by atoms with van der Waals surface area (Å²) in [6.07, 6.45) is 2.99. The molecular formula is C38H51N4O5P. The summed E-state index contributed by atoms with van der Waals surface area (Å²) in [7, 11) is -2.40. The van der Waals surface area contributed by atoms with Crippen LogP contribution in [0.4, 0.5) is 0 Å². The molecule has 2 unspecified atom stereocenters. The third-order valence-electron chi connectivity index (χ3n) is 9.61. The number of nitrogens with one attached hydrogen (secondary N) is 1. The van der Waals surface area contributed by atoms with Crippen molar-refractivity contribution in [3.05, 3.63) is 126 Å². The van der Waals surface area contributed by atoms with Crippen molar-refractivity contribution in [2.45, 2.75) is 81.9 Å². The van der Waals surface area contributed by atoms with Crippen LogP contribution in [0.1, 0.15) is 63.1 Å². The van der Waals surface area contributed by atoms with Crippen LogP contribution >= 0.6 is 7.28 Å². The molecule has 0 bridgehead atoms. The van der Waals surface area contributed by atoms with E-state index in [1.165, 1.54) is 0 Å². The van der Waals surface area contributed by atoms with Gasteiger partial charge < -0.3 is 0 Å².